The van der Waals surface area contributed by atoms with Crippen LogP contribution < -0.4 is 4.90 Å². The molecule has 1 heterocycles. The van der Waals surface area contributed by atoms with Gasteiger partial charge in [0.1, 0.15) is 5.82 Å². The van der Waals surface area contributed by atoms with Gasteiger partial charge in [0, 0.05) is 13.1 Å². The number of aromatic nitrogens is 1. The van der Waals surface area contributed by atoms with E-state index in [0.717, 1.165) is 17.4 Å². The average Bonchev–Trinajstić information content (AvgIpc) is 3.11. The van der Waals surface area contributed by atoms with Gasteiger partial charge in [-0.1, -0.05) is 6.07 Å². The molecular formula is C12H18N2O. The van der Waals surface area contributed by atoms with E-state index in [-0.39, 0.29) is 6.61 Å². The van der Waals surface area contributed by atoms with Gasteiger partial charge in [-0.25, -0.2) is 4.98 Å². The highest BCUT2D eigenvalue weighted by Gasteiger charge is 2.30. The van der Waals surface area contributed by atoms with Crippen LogP contribution in [0.1, 0.15) is 25.5 Å². The third-order valence-corrected chi connectivity index (χ3v) is 3.23. The van der Waals surface area contributed by atoms with Gasteiger partial charge in [-0.15, -0.1) is 0 Å². The fourth-order valence-corrected chi connectivity index (χ4v) is 1.85. The van der Waals surface area contributed by atoms with Crippen molar-refractivity contribution < 1.29 is 5.11 Å². The van der Waals surface area contributed by atoms with E-state index in [0.29, 0.717) is 6.04 Å². The largest absolute Gasteiger partial charge is 0.390 e. The molecule has 15 heavy (non-hydrogen) atoms. The number of hydrogen-bond donors (Lipinski definition) is 1. The molecular weight excluding hydrogens is 188 g/mol. The molecule has 1 fully saturated rings. The molecule has 0 aromatic carbocycles. The fraction of sp³-hybridized carbons (Fsp3) is 0.583. The lowest BCUT2D eigenvalue weighted by Crippen LogP contribution is -2.31. The van der Waals surface area contributed by atoms with Gasteiger partial charge in [-0.3, -0.25) is 0 Å². The van der Waals surface area contributed by atoms with E-state index in [2.05, 4.69) is 23.9 Å². The summed E-state index contributed by atoms with van der Waals surface area (Å²) in [6, 6.07) is 6.34. The first-order chi connectivity index (χ1) is 7.22. The predicted octanol–water partition coefficient (Wildman–Crippen LogP) is 1.81. The summed E-state index contributed by atoms with van der Waals surface area (Å²) in [5, 5.41) is 9.02. The van der Waals surface area contributed by atoms with Gasteiger partial charge in [0.15, 0.2) is 0 Å². The fourth-order valence-electron chi connectivity index (χ4n) is 1.85. The molecule has 1 aliphatic carbocycles. The number of aliphatic hydroxyl groups excluding tert-OH is 1. The second-order valence-corrected chi connectivity index (χ2v) is 4.33. The maximum Gasteiger partial charge on any atom is 0.128 e. The minimum atomic E-state index is 0.0134. The van der Waals surface area contributed by atoms with Crippen molar-refractivity contribution in [3.63, 3.8) is 0 Å². The van der Waals surface area contributed by atoms with Crippen LogP contribution in [0.3, 0.4) is 0 Å². The average molecular weight is 206 g/mol. The molecule has 1 unspecified atom stereocenters. The maximum atomic E-state index is 9.02. The van der Waals surface area contributed by atoms with Crippen molar-refractivity contribution in [3.05, 3.63) is 23.9 Å². The molecule has 0 spiro atoms. The van der Waals surface area contributed by atoms with E-state index in [1.54, 1.807) is 0 Å². The summed E-state index contributed by atoms with van der Waals surface area (Å²) in [5.74, 6) is 1.79. The second kappa shape index (κ2) is 4.19. The molecule has 0 saturated heterocycles. The number of aliphatic hydroxyl groups is 1. The molecule has 1 N–H and O–H groups in total. The first kappa shape index (κ1) is 10.4. The van der Waals surface area contributed by atoms with Crippen LogP contribution in [0.4, 0.5) is 5.82 Å². The quantitative estimate of drug-likeness (QED) is 0.816. The van der Waals surface area contributed by atoms with Gasteiger partial charge >= 0.3 is 0 Å². The standard InChI is InChI=1S/C12H18N2O/c1-9(10-6-7-10)14(2)12-5-3-4-11(8-15)13-12/h3-5,9-10,15H,6-8H2,1-2H3. The Labute approximate surface area is 90.8 Å². The normalized spacial score (nSPS) is 17.5. The first-order valence-corrected chi connectivity index (χ1v) is 5.52. The topological polar surface area (TPSA) is 36.4 Å². The minimum Gasteiger partial charge on any atom is -0.390 e. The van der Waals surface area contributed by atoms with Crippen LogP contribution in [-0.4, -0.2) is 23.2 Å². The number of pyridine rings is 1. The Morgan fingerprint density at radius 3 is 2.87 bits per heavy atom. The summed E-state index contributed by atoms with van der Waals surface area (Å²) in [6.45, 7) is 2.25. The van der Waals surface area contributed by atoms with Gasteiger partial charge in [0.2, 0.25) is 0 Å². The van der Waals surface area contributed by atoms with Crippen molar-refractivity contribution in [2.45, 2.75) is 32.4 Å². The molecule has 1 aliphatic rings. The van der Waals surface area contributed by atoms with E-state index in [4.69, 9.17) is 5.11 Å². The monoisotopic (exact) mass is 206 g/mol. The number of nitrogens with zero attached hydrogens (tertiary/aromatic N) is 2. The number of rotatable bonds is 4. The first-order valence-electron chi connectivity index (χ1n) is 5.52. The molecule has 82 valence electrons. The van der Waals surface area contributed by atoms with Gasteiger partial charge < -0.3 is 10.0 Å². The zero-order chi connectivity index (χ0) is 10.8. The number of anilines is 1. The lowest BCUT2D eigenvalue weighted by atomic mass is 10.2. The van der Waals surface area contributed by atoms with Gasteiger partial charge in [0.05, 0.1) is 12.3 Å². The van der Waals surface area contributed by atoms with Crippen LogP contribution in [0.25, 0.3) is 0 Å². The second-order valence-electron chi connectivity index (χ2n) is 4.33. The van der Waals surface area contributed by atoms with E-state index in [1.165, 1.54) is 12.8 Å². The highest BCUT2D eigenvalue weighted by Crippen LogP contribution is 2.35. The van der Waals surface area contributed by atoms with Crippen LogP contribution in [0.5, 0.6) is 0 Å². The lowest BCUT2D eigenvalue weighted by Gasteiger charge is -2.26. The Hall–Kier alpha value is -1.09. The third kappa shape index (κ3) is 2.29. The summed E-state index contributed by atoms with van der Waals surface area (Å²) in [5.41, 5.74) is 0.738. The van der Waals surface area contributed by atoms with Crippen LogP contribution in [0, 0.1) is 5.92 Å². The summed E-state index contributed by atoms with van der Waals surface area (Å²) < 4.78 is 0. The van der Waals surface area contributed by atoms with Gasteiger partial charge in [-0.05, 0) is 37.8 Å². The van der Waals surface area contributed by atoms with Crippen molar-refractivity contribution in [1.29, 1.82) is 0 Å². The zero-order valence-electron chi connectivity index (χ0n) is 9.35. The Bertz CT molecular complexity index is 336. The molecule has 1 atom stereocenters. The SMILES string of the molecule is CC(C1CC1)N(C)c1cccc(CO)n1. The summed E-state index contributed by atoms with van der Waals surface area (Å²) in [7, 11) is 2.08. The van der Waals surface area contributed by atoms with Crippen LogP contribution in [-0.2, 0) is 6.61 Å². The van der Waals surface area contributed by atoms with Crippen LogP contribution >= 0.6 is 0 Å². The predicted molar refractivity (Wildman–Crippen MR) is 60.7 cm³/mol. The molecule has 0 amide bonds. The molecule has 1 aromatic heterocycles. The smallest absolute Gasteiger partial charge is 0.128 e. The Morgan fingerprint density at radius 1 is 1.53 bits per heavy atom. The summed E-state index contributed by atoms with van der Waals surface area (Å²) >= 11 is 0. The molecule has 2 rings (SSSR count). The molecule has 3 heteroatoms. The van der Waals surface area contributed by atoms with E-state index < -0.39 is 0 Å². The summed E-state index contributed by atoms with van der Waals surface area (Å²) in [6.07, 6.45) is 2.68. The highest BCUT2D eigenvalue weighted by molar-refractivity contribution is 5.39. The van der Waals surface area contributed by atoms with Gasteiger partial charge in [0.25, 0.3) is 0 Å². The summed E-state index contributed by atoms with van der Waals surface area (Å²) in [4.78, 5) is 6.60. The van der Waals surface area contributed by atoms with Gasteiger partial charge in [-0.2, -0.15) is 0 Å². The van der Waals surface area contributed by atoms with E-state index >= 15 is 0 Å². The number of hydrogen-bond acceptors (Lipinski definition) is 3. The Balaban J connectivity index is 2.12. The van der Waals surface area contributed by atoms with Crippen molar-refractivity contribution in [2.75, 3.05) is 11.9 Å². The molecule has 0 bridgehead atoms. The lowest BCUT2D eigenvalue weighted by molar-refractivity contribution is 0.277. The maximum absolute atomic E-state index is 9.02. The van der Waals surface area contributed by atoms with Crippen molar-refractivity contribution in [3.8, 4) is 0 Å². The molecule has 3 nitrogen and oxygen atoms in total. The third-order valence-electron chi connectivity index (χ3n) is 3.23. The Kier molecular flexibility index (Phi) is 2.91. The highest BCUT2D eigenvalue weighted by atomic mass is 16.3. The van der Waals surface area contributed by atoms with Crippen LogP contribution in [0.15, 0.2) is 18.2 Å². The van der Waals surface area contributed by atoms with Crippen molar-refractivity contribution in [2.24, 2.45) is 5.92 Å². The van der Waals surface area contributed by atoms with Crippen molar-refractivity contribution in [1.82, 2.24) is 4.98 Å². The van der Waals surface area contributed by atoms with E-state index in [1.807, 2.05) is 18.2 Å². The van der Waals surface area contributed by atoms with E-state index in [9.17, 15) is 0 Å². The molecule has 0 aliphatic heterocycles. The molecule has 1 saturated carbocycles. The van der Waals surface area contributed by atoms with Crippen LogP contribution in [0.2, 0.25) is 0 Å². The molecule has 1 aromatic rings. The van der Waals surface area contributed by atoms with Crippen molar-refractivity contribution >= 4 is 5.82 Å². The zero-order valence-corrected chi connectivity index (χ0v) is 9.35. The minimum absolute atomic E-state index is 0.0134. The Morgan fingerprint density at radius 2 is 2.27 bits per heavy atom. The molecule has 0 radical (unpaired) electrons.